The molecular weight excluding hydrogens is 284 g/mol. The summed E-state index contributed by atoms with van der Waals surface area (Å²) in [6.07, 6.45) is 3.98. The molecule has 1 fully saturated rings. The van der Waals surface area contributed by atoms with Gasteiger partial charge in [0.15, 0.2) is 0 Å². The van der Waals surface area contributed by atoms with E-state index in [1.54, 1.807) is 0 Å². The van der Waals surface area contributed by atoms with Crippen molar-refractivity contribution in [2.45, 2.75) is 30.0 Å². The van der Waals surface area contributed by atoms with E-state index in [1.807, 2.05) is 0 Å². The van der Waals surface area contributed by atoms with E-state index in [0.29, 0.717) is 10.7 Å². The summed E-state index contributed by atoms with van der Waals surface area (Å²) in [6, 6.07) is 19.7. The van der Waals surface area contributed by atoms with Crippen LogP contribution >= 0.6 is 15.9 Å². The van der Waals surface area contributed by atoms with Crippen LogP contribution in [0.4, 0.5) is 0 Å². The molecule has 2 aromatic rings. The third-order valence-corrected chi connectivity index (χ3v) is 4.97. The molecule has 0 radical (unpaired) electrons. The van der Waals surface area contributed by atoms with Gasteiger partial charge in [-0.1, -0.05) is 76.9 Å². The lowest BCUT2D eigenvalue weighted by Crippen LogP contribution is -2.03. The minimum atomic E-state index is 0.667. The molecule has 0 N–H and O–H groups in total. The van der Waals surface area contributed by atoms with Crippen LogP contribution in [-0.2, 0) is 0 Å². The monoisotopic (exact) mass is 300 g/mol. The van der Waals surface area contributed by atoms with Gasteiger partial charge in [0.2, 0.25) is 0 Å². The van der Waals surface area contributed by atoms with Crippen molar-refractivity contribution in [3.05, 3.63) is 60.2 Å². The van der Waals surface area contributed by atoms with Crippen LogP contribution in [0.3, 0.4) is 0 Å². The third-order valence-electron chi connectivity index (χ3n) is 3.88. The first-order valence-corrected chi connectivity index (χ1v) is 7.55. The van der Waals surface area contributed by atoms with Gasteiger partial charge in [-0.2, -0.15) is 0 Å². The van der Waals surface area contributed by atoms with Crippen molar-refractivity contribution in [2.24, 2.45) is 0 Å². The Labute approximate surface area is 117 Å². The van der Waals surface area contributed by atoms with E-state index >= 15 is 0 Å². The normalized spacial score (nSPS) is 23.2. The molecule has 1 saturated carbocycles. The van der Waals surface area contributed by atoms with Gasteiger partial charge in [0, 0.05) is 4.83 Å². The topological polar surface area (TPSA) is 0 Å². The lowest BCUT2D eigenvalue weighted by molar-refractivity contribution is 0.743. The summed E-state index contributed by atoms with van der Waals surface area (Å²) in [4.78, 5) is 0.667. The first-order chi connectivity index (χ1) is 8.84. The molecule has 18 heavy (non-hydrogen) atoms. The molecule has 2 atom stereocenters. The van der Waals surface area contributed by atoms with Crippen molar-refractivity contribution < 1.29 is 0 Å². The van der Waals surface area contributed by atoms with Crippen LogP contribution in [0.2, 0.25) is 0 Å². The van der Waals surface area contributed by atoms with Gasteiger partial charge < -0.3 is 0 Å². The molecular formula is C17H17Br. The summed E-state index contributed by atoms with van der Waals surface area (Å²) >= 11 is 3.80. The van der Waals surface area contributed by atoms with Crippen molar-refractivity contribution in [3.63, 3.8) is 0 Å². The molecule has 1 aliphatic carbocycles. The predicted molar refractivity (Wildman–Crippen MR) is 81.2 cm³/mol. The molecule has 0 spiro atoms. The maximum absolute atomic E-state index is 3.80. The van der Waals surface area contributed by atoms with Crippen LogP contribution in [0.1, 0.15) is 30.7 Å². The van der Waals surface area contributed by atoms with Crippen molar-refractivity contribution >= 4 is 15.9 Å². The molecule has 0 bridgehead atoms. The van der Waals surface area contributed by atoms with Crippen molar-refractivity contribution in [1.29, 1.82) is 0 Å². The minimum Gasteiger partial charge on any atom is -0.0884 e. The Morgan fingerprint density at radius 3 is 2.06 bits per heavy atom. The van der Waals surface area contributed by atoms with Crippen LogP contribution in [0.15, 0.2) is 54.6 Å². The van der Waals surface area contributed by atoms with E-state index < -0.39 is 0 Å². The van der Waals surface area contributed by atoms with Gasteiger partial charge in [0.25, 0.3) is 0 Å². The SMILES string of the molecule is BrC1CCCC1c1ccc(-c2ccccc2)cc1. The van der Waals surface area contributed by atoms with E-state index in [4.69, 9.17) is 0 Å². The highest BCUT2D eigenvalue weighted by atomic mass is 79.9. The molecule has 0 aromatic heterocycles. The first-order valence-electron chi connectivity index (χ1n) is 6.64. The number of hydrogen-bond donors (Lipinski definition) is 0. The Bertz CT molecular complexity index is 501. The molecule has 1 heteroatoms. The summed E-state index contributed by atoms with van der Waals surface area (Å²) in [5.41, 5.74) is 4.09. The number of halogens is 1. The molecule has 0 aliphatic heterocycles. The second kappa shape index (κ2) is 5.27. The fraction of sp³-hybridized carbons (Fsp3) is 0.294. The molecule has 0 saturated heterocycles. The van der Waals surface area contributed by atoms with Gasteiger partial charge in [0.1, 0.15) is 0 Å². The zero-order chi connectivity index (χ0) is 12.4. The van der Waals surface area contributed by atoms with Gasteiger partial charge >= 0.3 is 0 Å². The Balaban J connectivity index is 1.85. The van der Waals surface area contributed by atoms with Crippen molar-refractivity contribution in [2.75, 3.05) is 0 Å². The van der Waals surface area contributed by atoms with Gasteiger partial charge in [-0.15, -0.1) is 0 Å². The second-order valence-corrected chi connectivity index (χ2v) is 6.22. The second-order valence-electron chi connectivity index (χ2n) is 5.04. The largest absolute Gasteiger partial charge is 0.0884 e. The molecule has 2 unspecified atom stereocenters. The smallest absolute Gasteiger partial charge is 0.0214 e. The Morgan fingerprint density at radius 2 is 1.44 bits per heavy atom. The molecule has 0 nitrogen and oxygen atoms in total. The van der Waals surface area contributed by atoms with Crippen LogP contribution in [0, 0.1) is 0 Å². The van der Waals surface area contributed by atoms with Gasteiger partial charge in [-0.05, 0) is 35.4 Å². The third kappa shape index (κ3) is 2.37. The standard InChI is InChI=1S/C17H17Br/c18-17-8-4-7-16(17)15-11-9-14(10-12-15)13-5-2-1-3-6-13/h1-3,5-6,9-12,16-17H,4,7-8H2. The highest BCUT2D eigenvalue weighted by Crippen LogP contribution is 2.39. The number of rotatable bonds is 2. The maximum atomic E-state index is 3.80. The lowest BCUT2D eigenvalue weighted by Gasteiger charge is -2.14. The zero-order valence-corrected chi connectivity index (χ0v) is 11.9. The molecule has 1 aliphatic rings. The van der Waals surface area contributed by atoms with E-state index in [0.717, 1.165) is 0 Å². The number of alkyl halides is 1. The fourth-order valence-electron chi connectivity index (χ4n) is 2.84. The average Bonchev–Trinajstić information content (AvgIpc) is 2.86. The van der Waals surface area contributed by atoms with Crippen LogP contribution < -0.4 is 0 Å². The van der Waals surface area contributed by atoms with E-state index in [2.05, 4.69) is 70.5 Å². The number of hydrogen-bond acceptors (Lipinski definition) is 0. The highest BCUT2D eigenvalue weighted by molar-refractivity contribution is 9.09. The van der Waals surface area contributed by atoms with Gasteiger partial charge in [-0.3, -0.25) is 0 Å². The average molecular weight is 301 g/mol. The summed E-state index contributed by atoms with van der Waals surface area (Å²) < 4.78 is 0. The molecule has 3 rings (SSSR count). The summed E-state index contributed by atoms with van der Waals surface area (Å²) in [7, 11) is 0. The summed E-state index contributed by atoms with van der Waals surface area (Å²) in [5, 5.41) is 0. The zero-order valence-electron chi connectivity index (χ0n) is 10.4. The number of benzene rings is 2. The van der Waals surface area contributed by atoms with E-state index in [9.17, 15) is 0 Å². The Hall–Kier alpha value is -1.08. The summed E-state index contributed by atoms with van der Waals surface area (Å²) in [6.45, 7) is 0. The maximum Gasteiger partial charge on any atom is 0.0214 e. The molecule has 2 aromatic carbocycles. The molecule has 0 heterocycles. The van der Waals surface area contributed by atoms with Gasteiger partial charge in [0.05, 0.1) is 0 Å². The lowest BCUT2D eigenvalue weighted by atomic mass is 9.95. The van der Waals surface area contributed by atoms with Crippen LogP contribution in [-0.4, -0.2) is 4.83 Å². The molecule has 0 amide bonds. The highest BCUT2D eigenvalue weighted by Gasteiger charge is 2.25. The Kier molecular flexibility index (Phi) is 3.51. The first kappa shape index (κ1) is 12.0. The predicted octanol–water partition coefficient (Wildman–Crippen LogP) is 5.38. The van der Waals surface area contributed by atoms with E-state index in [-0.39, 0.29) is 0 Å². The van der Waals surface area contributed by atoms with Crippen molar-refractivity contribution in [3.8, 4) is 11.1 Å². The Morgan fingerprint density at radius 1 is 0.778 bits per heavy atom. The molecule has 92 valence electrons. The van der Waals surface area contributed by atoms with E-state index in [1.165, 1.54) is 36.0 Å². The van der Waals surface area contributed by atoms with Gasteiger partial charge in [-0.25, -0.2) is 0 Å². The van der Waals surface area contributed by atoms with Crippen molar-refractivity contribution in [1.82, 2.24) is 0 Å². The quantitative estimate of drug-likeness (QED) is 0.653. The fourth-order valence-corrected chi connectivity index (χ4v) is 3.74. The minimum absolute atomic E-state index is 0.667. The van der Waals surface area contributed by atoms with Crippen LogP contribution in [0.25, 0.3) is 11.1 Å². The summed E-state index contributed by atoms with van der Waals surface area (Å²) in [5.74, 6) is 0.704. The van der Waals surface area contributed by atoms with Crippen LogP contribution in [0.5, 0.6) is 0 Å².